The summed E-state index contributed by atoms with van der Waals surface area (Å²) in [7, 11) is 1.36. The maximum absolute atomic E-state index is 12.7. The van der Waals surface area contributed by atoms with Crippen molar-refractivity contribution in [3.8, 4) is 0 Å². The van der Waals surface area contributed by atoms with Gasteiger partial charge in [0.05, 0.1) is 11.1 Å². The predicted octanol–water partition coefficient (Wildman–Crippen LogP) is 1.85. The molecule has 0 radical (unpaired) electrons. The number of pyridine rings is 1. The number of carbonyl (C=O) groups is 1. The number of carbonyl (C=O) groups excluding carboxylic acids is 1. The highest BCUT2D eigenvalue weighted by Crippen LogP contribution is 2.31. The molecular weight excluding hydrogens is 263 g/mol. The van der Waals surface area contributed by atoms with Crippen molar-refractivity contribution in [3.63, 3.8) is 0 Å². The van der Waals surface area contributed by atoms with Crippen LogP contribution in [0.2, 0.25) is 0 Å². The Morgan fingerprint density at radius 1 is 1.58 bits per heavy atom. The minimum Gasteiger partial charge on any atom is -0.399 e. The summed E-state index contributed by atoms with van der Waals surface area (Å²) in [5, 5.41) is 5.77. The van der Waals surface area contributed by atoms with Crippen LogP contribution in [0.1, 0.15) is 22.3 Å². The molecule has 0 aromatic carbocycles. The first-order chi connectivity index (χ1) is 8.96. The number of nitrogens with one attached hydrogen (secondary N) is 1. The number of hydrogen-bond donors (Lipinski definition) is 1. The Labute approximate surface area is 107 Å². The zero-order chi connectivity index (χ0) is 14.3. The second kappa shape index (κ2) is 6.72. The molecule has 0 saturated carbocycles. The Morgan fingerprint density at radius 2 is 2.32 bits per heavy atom. The highest BCUT2D eigenvalue weighted by atomic mass is 19.4. The van der Waals surface area contributed by atoms with Crippen molar-refractivity contribution in [2.75, 3.05) is 13.7 Å². The van der Waals surface area contributed by atoms with Gasteiger partial charge in [0.25, 0.3) is 5.91 Å². The second-order valence-corrected chi connectivity index (χ2v) is 3.43. The molecule has 0 atom stereocenters. The number of amides is 1. The molecule has 1 heterocycles. The molecule has 8 heteroatoms. The van der Waals surface area contributed by atoms with E-state index < -0.39 is 23.2 Å². The minimum absolute atomic E-state index is 0.151. The first-order valence-corrected chi connectivity index (χ1v) is 5.31. The van der Waals surface area contributed by atoms with Crippen LogP contribution in [0.4, 0.5) is 13.2 Å². The quantitative estimate of drug-likeness (QED) is 0.506. The number of hydrogen-bond acceptors (Lipinski definition) is 4. The van der Waals surface area contributed by atoms with Gasteiger partial charge in [0.2, 0.25) is 0 Å². The number of alkyl halides is 3. The molecule has 0 spiro atoms. The van der Waals surface area contributed by atoms with E-state index in [4.69, 9.17) is 0 Å². The van der Waals surface area contributed by atoms with Crippen LogP contribution in [-0.4, -0.2) is 30.8 Å². The zero-order valence-electron chi connectivity index (χ0n) is 10.1. The van der Waals surface area contributed by atoms with Gasteiger partial charge in [0.1, 0.15) is 7.11 Å². The van der Waals surface area contributed by atoms with E-state index in [1.54, 1.807) is 0 Å². The van der Waals surface area contributed by atoms with Crippen molar-refractivity contribution in [3.05, 3.63) is 29.6 Å². The monoisotopic (exact) mass is 275 g/mol. The van der Waals surface area contributed by atoms with Gasteiger partial charge in [-0.1, -0.05) is 5.16 Å². The molecule has 1 aromatic heterocycles. The van der Waals surface area contributed by atoms with Crippen molar-refractivity contribution in [1.82, 2.24) is 10.3 Å². The smallest absolute Gasteiger partial charge is 0.399 e. The maximum Gasteiger partial charge on any atom is 0.417 e. The van der Waals surface area contributed by atoms with E-state index in [0.29, 0.717) is 6.42 Å². The molecule has 1 N–H and O–H groups in total. The molecule has 0 aliphatic heterocycles. The number of nitrogens with zero attached hydrogens (tertiary/aromatic N) is 2. The Balaban J connectivity index is 2.70. The number of oxime groups is 1. The summed E-state index contributed by atoms with van der Waals surface area (Å²) in [6.45, 7) is 0.151. The van der Waals surface area contributed by atoms with Crippen LogP contribution >= 0.6 is 0 Å². The summed E-state index contributed by atoms with van der Waals surface area (Å²) in [5.74, 6) is -0.828. The van der Waals surface area contributed by atoms with Crippen molar-refractivity contribution in [2.45, 2.75) is 12.6 Å². The Kier molecular flexibility index (Phi) is 5.28. The molecule has 0 unspecified atom stereocenters. The van der Waals surface area contributed by atoms with E-state index in [9.17, 15) is 18.0 Å². The summed E-state index contributed by atoms with van der Waals surface area (Å²) in [6.07, 6.45) is -0.964. The van der Waals surface area contributed by atoms with E-state index in [0.717, 1.165) is 18.5 Å². The normalized spacial score (nSPS) is 11.6. The highest BCUT2D eigenvalue weighted by molar-refractivity contribution is 5.95. The van der Waals surface area contributed by atoms with Gasteiger partial charge >= 0.3 is 6.18 Å². The SMILES string of the molecule is CO/N=C/CCNC(=O)c1cnccc1C(F)(F)F. The van der Waals surface area contributed by atoms with E-state index in [1.165, 1.54) is 13.3 Å². The lowest BCUT2D eigenvalue weighted by Gasteiger charge is -2.11. The van der Waals surface area contributed by atoms with Gasteiger partial charge in [-0.2, -0.15) is 13.2 Å². The molecule has 1 aromatic rings. The van der Waals surface area contributed by atoms with Crippen molar-refractivity contribution in [1.29, 1.82) is 0 Å². The zero-order valence-corrected chi connectivity index (χ0v) is 10.1. The third kappa shape index (κ3) is 4.57. The topological polar surface area (TPSA) is 63.6 Å². The third-order valence-electron chi connectivity index (χ3n) is 2.11. The lowest BCUT2D eigenvalue weighted by atomic mass is 10.1. The van der Waals surface area contributed by atoms with E-state index >= 15 is 0 Å². The van der Waals surface area contributed by atoms with Gasteiger partial charge in [-0.3, -0.25) is 9.78 Å². The van der Waals surface area contributed by atoms with Crippen LogP contribution in [-0.2, 0) is 11.0 Å². The first kappa shape index (κ1) is 14.9. The molecule has 0 fully saturated rings. The first-order valence-electron chi connectivity index (χ1n) is 5.31. The molecule has 104 valence electrons. The molecule has 19 heavy (non-hydrogen) atoms. The Hall–Kier alpha value is -2.12. The number of rotatable bonds is 5. The van der Waals surface area contributed by atoms with Crippen LogP contribution in [0.15, 0.2) is 23.6 Å². The van der Waals surface area contributed by atoms with Gasteiger partial charge < -0.3 is 10.2 Å². The molecule has 0 saturated heterocycles. The summed E-state index contributed by atoms with van der Waals surface area (Å²) >= 11 is 0. The lowest BCUT2D eigenvalue weighted by Crippen LogP contribution is -2.27. The van der Waals surface area contributed by atoms with Gasteiger partial charge in [0, 0.05) is 31.6 Å². The van der Waals surface area contributed by atoms with Crippen LogP contribution in [0.3, 0.4) is 0 Å². The fourth-order valence-electron chi connectivity index (χ4n) is 1.30. The fraction of sp³-hybridized carbons (Fsp3) is 0.364. The van der Waals surface area contributed by atoms with Crippen molar-refractivity contribution in [2.24, 2.45) is 5.16 Å². The van der Waals surface area contributed by atoms with Gasteiger partial charge in [-0.15, -0.1) is 0 Å². The van der Waals surface area contributed by atoms with E-state index in [2.05, 4.69) is 20.3 Å². The molecule has 0 bridgehead atoms. The molecular formula is C11H12F3N3O2. The number of aromatic nitrogens is 1. The molecule has 0 aliphatic carbocycles. The van der Waals surface area contributed by atoms with Gasteiger partial charge in [-0.25, -0.2) is 0 Å². The average Bonchev–Trinajstić information content (AvgIpc) is 2.37. The molecule has 1 amide bonds. The maximum atomic E-state index is 12.7. The third-order valence-corrected chi connectivity index (χ3v) is 2.11. The van der Waals surface area contributed by atoms with E-state index in [1.807, 2.05) is 0 Å². The summed E-state index contributed by atoms with van der Waals surface area (Å²) in [4.78, 5) is 19.5. The Bertz CT molecular complexity index is 461. The fourth-order valence-corrected chi connectivity index (χ4v) is 1.30. The second-order valence-electron chi connectivity index (χ2n) is 3.43. The molecule has 0 aliphatic rings. The summed E-state index contributed by atoms with van der Waals surface area (Å²) in [5.41, 5.74) is -1.51. The van der Waals surface area contributed by atoms with Crippen LogP contribution in [0, 0.1) is 0 Å². The summed E-state index contributed by atoms with van der Waals surface area (Å²) in [6, 6.07) is 0.765. The Morgan fingerprint density at radius 3 is 2.95 bits per heavy atom. The lowest BCUT2D eigenvalue weighted by molar-refractivity contribution is -0.138. The van der Waals surface area contributed by atoms with Crippen LogP contribution in [0.25, 0.3) is 0 Å². The van der Waals surface area contributed by atoms with E-state index in [-0.39, 0.29) is 6.54 Å². The minimum atomic E-state index is -4.59. The molecule has 5 nitrogen and oxygen atoms in total. The van der Waals surface area contributed by atoms with Gasteiger partial charge in [-0.05, 0) is 6.07 Å². The van der Waals surface area contributed by atoms with Crippen molar-refractivity contribution < 1.29 is 22.8 Å². The summed E-state index contributed by atoms with van der Waals surface area (Å²) < 4.78 is 38.0. The number of halogens is 3. The standard InChI is InChI=1S/C11H12F3N3O2/c1-19-17-5-2-4-16-10(18)8-7-15-6-3-9(8)11(12,13)14/h3,5-7H,2,4H2,1H3,(H,16,18)/b17-5+. The van der Waals surface area contributed by atoms with Gasteiger partial charge in [0.15, 0.2) is 0 Å². The van der Waals surface area contributed by atoms with Crippen LogP contribution in [0.5, 0.6) is 0 Å². The predicted molar refractivity (Wildman–Crippen MR) is 61.7 cm³/mol. The van der Waals surface area contributed by atoms with Crippen LogP contribution < -0.4 is 5.32 Å². The van der Waals surface area contributed by atoms with Crippen molar-refractivity contribution >= 4 is 12.1 Å². The molecule has 1 rings (SSSR count). The largest absolute Gasteiger partial charge is 0.417 e. The highest BCUT2D eigenvalue weighted by Gasteiger charge is 2.35. The average molecular weight is 275 g/mol.